The zero-order valence-corrected chi connectivity index (χ0v) is 18.4. The van der Waals surface area contributed by atoms with Gasteiger partial charge in [0.15, 0.2) is 6.10 Å². The summed E-state index contributed by atoms with van der Waals surface area (Å²) in [6, 6.07) is 34.1. The smallest absolute Gasteiger partial charge is 0.340 e. The molecule has 0 spiro atoms. The van der Waals surface area contributed by atoms with Gasteiger partial charge in [-0.2, -0.15) is 5.26 Å². The fourth-order valence-corrected chi connectivity index (χ4v) is 4.33. The van der Waals surface area contributed by atoms with Crippen molar-refractivity contribution >= 4 is 23.5 Å². The molecule has 4 aromatic carbocycles. The van der Waals surface area contributed by atoms with Crippen molar-refractivity contribution in [2.45, 2.75) is 15.9 Å². The third-order valence-corrected chi connectivity index (χ3v) is 6.11. The van der Waals surface area contributed by atoms with Gasteiger partial charge in [0.25, 0.3) is 0 Å². The van der Waals surface area contributed by atoms with E-state index in [-0.39, 0.29) is 5.78 Å². The molecule has 160 valence electrons. The molecule has 0 amide bonds. The highest BCUT2D eigenvalue weighted by Crippen LogP contribution is 2.34. The molecule has 0 radical (unpaired) electrons. The third-order valence-electron chi connectivity index (χ3n) is 4.96. The monoisotopic (exact) mass is 449 g/mol. The topological polar surface area (TPSA) is 67.2 Å². The van der Waals surface area contributed by atoms with Crippen molar-refractivity contribution in [3.63, 3.8) is 0 Å². The van der Waals surface area contributed by atoms with E-state index in [2.05, 4.69) is 6.07 Å². The van der Waals surface area contributed by atoms with Crippen LogP contribution in [0.4, 0.5) is 0 Å². The fourth-order valence-electron chi connectivity index (χ4n) is 3.32. The number of nitrogens with zero attached hydrogens (tertiary/aromatic N) is 1. The van der Waals surface area contributed by atoms with Crippen LogP contribution in [-0.2, 0) is 4.74 Å². The van der Waals surface area contributed by atoms with E-state index in [0.717, 1.165) is 4.90 Å². The molecule has 0 bridgehead atoms. The van der Waals surface area contributed by atoms with Gasteiger partial charge in [0, 0.05) is 20.9 Å². The van der Waals surface area contributed by atoms with E-state index in [4.69, 9.17) is 4.74 Å². The Morgan fingerprint density at radius 1 is 0.727 bits per heavy atom. The molecule has 4 nitrogen and oxygen atoms in total. The number of nitriles is 1. The number of rotatable bonds is 7. The first kappa shape index (κ1) is 22.1. The van der Waals surface area contributed by atoms with Gasteiger partial charge < -0.3 is 4.74 Å². The highest BCUT2D eigenvalue weighted by Gasteiger charge is 2.27. The first-order valence-electron chi connectivity index (χ1n) is 10.3. The lowest BCUT2D eigenvalue weighted by Crippen LogP contribution is -2.20. The zero-order valence-electron chi connectivity index (χ0n) is 17.5. The lowest BCUT2D eigenvalue weighted by Gasteiger charge is -2.18. The second-order valence-electron chi connectivity index (χ2n) is 7.13. The van der Waals surface area contributed by atoms with E-state index in [0.29, 0.717) is 27.1 Å². The van der Waals surface area contributed by atoms with Crippen LogP contribution in [0.3, 0.4) is 0 Å². The molecule has 4 aromatic rings. The Morgan fingerprint density at radius 2 is 1.30 bits per heavy atom. The summed E-state index contributed by atoms with van der Waals surface area (Å²) in [5.41, 5.74) is 1.91. The molecule has 1 atom stereocenters. The van der Waals surface area contributed by atoms with Crippen LogP contribution in [-0.4, -0.2) is 11.8 Å². The number of benzene rings is 4. The molecule has 33 heavy (non-hydrogen) atoms. The maximum absolute atomic E-state index is 13.3. The predicted molar refractivity (Wildman–Crippen MR) is 127 cm³/mol. The molecule has 0 N–H and O–H groups in total. The summed E-state index contributed by atoms with van der Waals surface area (Å²) in [7, 11) is 0. The van der Waals surface area contributed by atoms with Crippen molar-refractivity contribution in [3.05, 3.63) is 131 Å². The molecule has 0 aliphatic carbocycles. The highest BCUT2D eigenvalue weighted by atomic mass is 32.2. The quantitative estimate of drug-likeness (QED) is 0.238. The van der Waals surface area contributed by atoms with Gasteiger partial charge in [-0.05, 0) is 24.3 Å². The van der Waals surface area contributed by atoms with Gasteiger partial charge in [0.05, 0.1) is 11.1 Å². The number of esters is 1. The molecule has 0 aliphatic heterocycles. The molecule has 0 heterocycles. The van der Waals surface area contributed by atoms with Crippen molar-refractivity contribution in [1.29, 1.82) is 5.26 Å². The molecule has 0 unspecified atom stereocenters. The van der Waals surface area contributed by atoms with E-state index >= 15 is 0 Å². The predicted octanol–water partition coefficient (Wildman–Crippen LogP) is 6.49. The SMILES string of the molecule is N#Cc1ccccc1Sc1ccccc1C(=O)O[C@H](C(=O)c1ccccc1)c1ccccc1. The Kier molecular flexibility index (Phi) is 6.99. The van der Waals surface area contributed by atoms with E-state index in [1.54, 1.807) is 78.9 Å². The Bertz CT molecular complexity index is 1310. The minimum absolute atomic E-state index is 0.296. The van der Waals surface area contributed by atoms with E-state index in [1.165, 1.54) is 11.8 Å². The lowest BCUT2D eigenvalue weighted by atomic mass is 10.00. The summed E-state index contributed by atoms with van der Waals surface area (Å²) in [5.74, 6) is -0.902. The first-order chi connectivity index (χ1) is 16.2. The Balaban J connectivity index is 1.66. The van der Waals surface area contributed by atoms with Crippen molar-refractivity contribution in [2.24, 2.45) is 0 Å². The van der Waals surface area contributed by atoms with Gasteiger partial charge in [-0.3, -0.25) is 4.79 Å². The average molecular weight is 450 g/mol. The molecular formula is C28H19NO3S. The normalized spacial score (nSPS) is 11.2. The van der Waals surface area contributed by atoms with Crippen LogP contribution in [0.2, 0.25) is 0 Å². The molecule has 4 rings (SSSR count). The van der Waals surface area contributed by atoms with Crippen LogP contribution in [0, 0.1) is 11.3 Å². The van der Waals surface area contributed by atoms with Crippen LogP contribution in [0.25, 0.3) is 0 Å². The summed E-state index contributed by atoms with van der Waals surface area (Å²) < 4.78 is 5.81. The second kappa shape index (κ2) is 10.4. The largest absolute Gasteiger partial charge is 0.445 e. The maximum atomic E-state index is 13.3. The molecule has 0 saturated heterocycles. The molecule has 0 saturated carbocycles. The molecule has 0 aromatic heterocycles. The Hall–Kier alpha value is -4.14. The van der Waals surface area contributed by atoms with Crippen LogP contribution in [0.1, 0.15) is 37.9 Å². The summed E-state index contributed by atoms with van der Waals surface area (Å²) in [4.78, 5) is 27.9. The molecular weight excluding hydrogens is 430 g/mol. The number of hydrogen-bond donors (Lipinski definition) is 0. The van der Waals surface area contributed by atoms with Gasteiger partial charge in [-0.25, -0.2) is 4.79 Å². The average Bonchev–Trinajstić information content (AvgIpc) is 2.88. The minimum Gasteiger partial charge on any atom is -0.445 e. The number of ether oxygens (including phenoxy) is 1. The standard InChI is InChI=1S/C28H19NO3S/c29-19-22-15-7-9-17-24(22)33-25-18-10-8-16-23(25)28(31)32-27(21-13-5-2-6-14-21)26(30)20-11-3-1-4-12-20/h1-18,27H/t27-/m0/s1. The van der Waals surface area contributed by atoms with Crippen LogP contribution >= 0.6 is 11.8 Å². The first-order valence-corrected chi connectivity index (χ1v) is 11.1. The Labute approximate surface area is 196 Å². The zero-order chi connectivity index (χ0) is 23.0. The third kappa shape index (κ3) is 5.20. The van der Waals surface area contributed by atoms with Crippen LogP contribution in [0.15, 0.2) is 119 Å². The van der Waals surface area contributed by atoms with Gasteiger partial charge >= 0.3 is 5.97 Å². The summed E-state index contributed by atoms with van der Waals surface area (Å²) in [5, 5.41) is 9.40. The number of Topliss-reactive ketones (excluding diaryl/α,β-unsaturated/α-hetero) is 1. The molecule has 0 fully saturated rings. The Morgan fingerprint density at radius 3 is 2.00 bits per heavy atom. The highest BCUT2D eigenvalue weighted by molar-refractivity contribution is 7.99. The maximum Gasteiger partial charge on any atom is 0.340 e. The van der Waals surface area contributed by atoms with Gasteiger partial charge in [0.1, 0.15) is 6.07 Å². The summed E-state index contributed by atoms with van der Waals surface area (Å²) in [6.45, 7) is 0. The van der Waals surface area contributed by atoms with E-state index < -0.39 is 12.1 Å². The van der Waals surface area contributed by atoms with Gasteiger partial charge in [-0.1, -0.05) is 96.7 Å². The van der Waals surface area contributed by atoms with E-state index in [9.17, 15) is 14.9 Å². The van der Waals surface area contributed by atoms with E-state index in [1.807, 2.05) is 30.3 Å². The molecule has 0 aliphatic rings. The van der Waals surface area contributed by atoms with Crippen molar-refractivity contribution in [3.8, 4) is 6.07 Å². The van der Waals surface area contributed by atoms with Crippen LogP contribution < -0.4 is 0 Å². The number of ketones is 1. The minimum atomic E-state index is -1.08. The fraction of sp³-hybridized carbons (Fsp3) is 0.0357. The number of carbonyl (C=O) groups is 2. The van der Waals surface area contributed by atoms with Gasteiger partial charge in [0.2, 0.25) is 5.78 Å². The number of hydrogen-bond acceptors (Lipinski definition) is 5. The van der Waals surface area contributed by atoms with Crippen molar-refractivity contribution in [1.82, 2.24) is 0 Å². The summed E-state index contributed by atoms with van der Waals surface area (Å²) in [6.07, 6.45) is -1.08. The van der Waals surface area contributed by atoms with Crippen molar-refractivity contribution in [2.75, 3.05) is 0 Å². The lowest BCUT2D eigenvalue weighted by molar-refractivity contribution is 0.0276. The summed E-state index contributed by atoms with van der Waals surface area (Å²) >= 11 is 1.31. The second-order valence-corrected chi connectivity index (χ2v) is 8.22. The number of carbonyl (C=O) groups excluding carboxylic acids is 2. The molecule has 5 heteroatoms. The van der Waals surface area contributed by atoms with Crippen LogP contribution in [0.5, 0.6) is 0 Å². The van der Waals surface area contributed by atoms with Gasteiger partial charge in [-0.15, -0.1) is 0 Å². The van der Waals surface area contributed by atoms with Crippen molar-refractivity contribution < 1.29 is 14.3 Å².